The maximum atomic E-state index is 5.41. The third-order valence-corrected chi connectivity index (χ3v) is 3.37. The molecule has 0 radical (unpaired) electrons. The Morgan fingerprint density at radius 3 is 1.60 bits per heavy atom. The van der Waals surface area contributed by atoms with Crippen LogP contribution >= 0.6 is 0 Å². The molecular weight excluding hydrogens is 240 g/mol. The van der Waals surface area contributed by atoms with Gasteiger partial charge in [0.05, 0.1) is 0 Å². The lowest BCUT2D eigenvalue weighted by atomic mass is 9.94. The maximum absolute atomic E-state index is 5.41. The molecule has 0 saturated heterocycles. The summed E-state index contributed by atoms with van der Waals surface area (Å²) in [6, 6.07) is 27.0. The fourth-order valence-corrected chi connectivity index (χ4v) is 2.35. The first kappa shape index (κ1) is 12.3. The van der Waals surface area contributed by atoms with Crippen LogP contribution in [-0.2, 0) is 0 Å². The molecule has 0 spiro atoms. The molecule has 0 bridgehead atoms. The highest BCUT2D eigenvalue weighted by atomic mass is 14.1. The monoisotopic (exact) mass is 254 g/mol. The maximum Gasteiger partial charge on any atom is 0.0243 e. The molecule has 0 saturated carbocycles. The van der Waals surface area contributed by atoms with Crippen molar-refractivity contribution in [1.29, 1.82) is 0 Å². The zero-order valence-corrected chi connectivity index (χ0v) is 11.1. The molecule has 0 atom stereocenters. The second kappa shape index (κ2) is 5.47. The molecule has 94 valence electrons. The molecule has 20 heavy (non-hydrogen) atoms. The molecule has 0 amide bonds. The zero-order valence-electron chi connectivity index (χ0n) is 11.1. The molecule has 0 aliphatic carbocycles. The highest BCUT2D eigenvalue weighted by Gasteiger charge is 2.06. The van der Waals surface area contributed by atoms with Crippen molar-refractivity contribution in [1.82, 2.24) is 0 Å². The van der Waals surface area contributed by atoms with Gasteiger partial charge in [-0.15, -0.1) is 6.42 Å². The van der Waals surface area contributed by atoms with Gasteiger partial charge in [0, 0.05) is 5.56 Å². The first-order chi connectivity index (χ1) is 9.88. The van der Waals surface area contributed by atoms with Crippen molar-refractivity contribution in [2.24, 2.45) is 0 Å². The van der Waals surface area contributed by atoms with Gasteiger partial charge in [0.15, 0.2) is 0 Å². The second-order valence-corrected chi connectivity index (χ2v) is 4.63. The van der Waals surface area contributed by atoms with Gasteiger partial charge < -0.3 is 0 Å². The van der Waals surface area contributed by atoms with Crippen LogP contribution in [0, 0.1) is 12.3 Å². The smallest absolute Gasteiger partial charge is 0.0243 e. The van der Waals surface area contributed by atoms with E-state index in [1.54, 1.807) is 0 Å². The van der Waals surface area contributed by atoms with Crippen LogP contribution in [0.3, 0.4) is 0 Å². The molecule has 0 unspecified atom stereocenters. The van der Waals surface area contributed by atoms with Crippen LogP contribution in [0.1, 0.15) is 5.56 Å². The molecular formula is C20H14. The Labute approximate surface area is 119 Å². The van der Waals surface area contributed by atoms with Gasteiger partial charge in [-0.25, -0.2) is 0 Å². The number of rotatable bonds is 2. The normalized spacial score (nSPS) is 9.95. The van der Waals surface area contributed by atoms with Gasteiger partial charge in [-0.1, -0.05) is 72.7 Å². The van der Waals surface area contributed by atoms with Gasteiger partial charge in [-0.2, -0.15) is 0 Å². The van der Waals surface area contributed by atoms with Crippen molar-refractivity contribution in [3.8, 4) is 34.6 Å². The molecule has 0 nitrogen and oxygen atoms in total. The lowest BCUT2D eigenvalue weighted by molar-refractivity contribution is 1.57. The molecule has 3 aromatic carbocycles. The predicted molar refractivity (Wildman–Crippen MR) is 85.2 cm³/mol. The van der Waals surface area contributed by atoms with Crippen molar-refractivity contribution in [2.45, 2.75) is 0 Å². The van der Waals surface area contributed by atoms with Crippen LogP contribution < -0.4 is 0 Å². The van der Waals surface area contributed by atoms with Crippen molar-refractivity contribution in [2.75, 3.05) is 0 Å². The van der Waals surface area contributed by atoms with E-state index in [2.05, 4.69) is 66.6 Å². The molecule has 0 aliphatic rings. The van der Waals surface area contributed by atoms with Gasteiger partial charge in [-0.05, 0) is 34.4 Å². The lowest BCUT2D eigenvalue weighted by Gasteiger charge is -2.10. The fourth-order valence-electron chi connectivity index (χ4n) is 2.35. The molecule has 0 aromatic heterocycles. The lowest BCUT2D eigenvalue weighted by Crippen LogP contribution is -1.85. The topological polar surface area (TPSA) is 0 Å². The van der Waals surface area contributed by atoms with Crippen molar-refractivity contribution in [3.63, 3.8) is 0 Å². The van der Waals surface area contributed by atoms with Gasteiger partial charge in [0.1, 0.15) is 0 Å². The summed E-state index contributed by atoms with van der Waals surface area (Å²) >= 11 is 0. The molecule has 0 aliphatic heterocycles. The number of hydrogen-bond acceptors (Lipinski definition) is 0. The van der Waals surface area contributed by atoms with E-state index in [1.165, 1.54) is 22.3 Å². The van der Waals surface area contributed by atoms with E-state index in [0.29, 0.717) is 0 Å². The Morgan fingerprint density at radius 1 is 0.550 bits per heavy atom. The minimum atomic E-state index is 0.908. The largest absolute Gasteiger partial charge is 0.115 e. The third-order valence-electron chi connectivity index (χ3n) is 3.37. The highest BCUT2D eigenvalue weighted by Crippen LogP contribution is 2.31. The summed E-state index contributed by atoms with van der Waals surface area (Å²) < 4.78 is 0. The fraction of sp³-hybridized carbons (Fsp3) is 0. The van der Waals surface area contributed by atoms with E-state index in [1.807, 2.05) is 18.2 Å². The highest BCUT2D eigenvalue weighted by molar-refractivity contribution is 5.83. The molecule has 0 N–H and O–H groups in total. The minimum Gasteiger partial charge on any atom is -0.115 e. The van der Waals surface area contributed by atoms with Gasteiger partial charge in [0.2, 0.25) is 0 Å². The number of hydrogen-bond donors (Lipinski definition) is 0. The Hall–Kier alpha value is -2.78. The van der Waals surface area contributed by atoms with Crippen LogP contribution in [0.5, 0.6) is 0 Å². The Morgan fingerprint density at radius 2 is 1.05 bits per heavy atom. The quantitative estimate of drug-likeness (QED) is 0.564. The summed E-state index contributed by atoms with van der Waals surface area (Å²) in [5.74, 6) is 2.65. The summed E-state index contributed by atoms with van der Waals surface area (Å²) in [5, 5.41) is 0. The van der Waals surface area contributed by atoms with E-state index in [4.69, 9.17) is 6.42 Å². The standard InChI is InChI=1S/C20H14/c1-2-16-12-14-18(15-13-16)20-11-7-6-10-19(20)17-8-4-3-5-9-17/h1,3-15H. The summed E-state index contributed by atoms with van der Waals surface area (Å²) in [6.45, 7) is 0. The van der Waals surface area contributed by atoms with E-state index in [0.717, 1.165) is 5.56 Å². The summed E-state index contributed by atoms with van der Waals surface area (Å²) in [5.41, 5.74) is 5.78. The van der Waals surface area contributed by atoms with Crippen LogP contribution in [0.15, 0.2) is 78.9 Å². The van der Waals surface area contributed by atoms with Crippen molar-refractivity contribution >= 4 is 0 Å². The zero-order chi connectivity index (χ0) is 13.8. The van der Waals surface area contributed by atoms with Gasteiger partial charge >= 0.3 is 0 Å². The van der Waals surface area contributed by atoms with E-state index < -0.39 is 0 Å². The molecule has 3 rings (SSSR count). The van der Waals surface area contributed by atoms with Crippen LogP contribution in [-0.4, -0.2) is 0 Å². The summed E-state index contributed by atoms with van der Waals surface area (Å²) in [4.78, 5) is 0. The van der Waals surface area contributed by atoms with Gasteiger partial charge in [-0.3, -0.25) is 0 Å². The first-order valence-corrected chi connectivity index (χ1v) is 6.60. The Bertz CT molecular complexity index is 744. The van der Waals surface area contributed by atoms with E-state index in [-0.39, 0.29) is 0 Å². The van der Waals surface area contributed by atoms with Gasteiger partial charge in [0.25, 0.3) is 0 Å². The first-order valence-electron chi connectivity index (χ1n) is 6.60. The van der Waals surface area contributed by atoms with E-state index >= 15 is 0 Å². The average Bonchev–Trinajstić information content (AvgIpc) is 2.56. The van der Waals surface area contributed by atoms with Crippen LogP contribution in [0.2, 0.25) is 0 Å². The molecule has 0 heteroatoms. The molecule has 0 fully saturated rings. The van der Waals surface area contributed by atoms with Crippen molar-refractivity contribution < 1.29 is 0 Å². The SMILES string of the molecule is C#Cc1ccc(-c2ccccc2-c2ccccc2)cc1. The summed E-state index contributed by atoms with van der Waals surface area (Å²) in [7, 11) is 0. The van der Waals surface area contributed by atoms with Crippen LogP contribution in [0.25, 0.3) is 22.3 Å². The Kier molecular flexibility index (Phi) is 3.35. The average molecular weight is 254 g/mol. The third kappa shape index (κ3) is 2.35. The Balaban J connectivity index is 2.12. The molecule has 3 aromatic rings. The van der Waals surface area contributed by atoms with E-state index in [9.17, 15) is 0 Å². The van der Waals surface area contributed by atoms with Crippen LogP contribution in [0.4, 0.5) is 0 Å². The number of benzene rings is 3. The molecule has 0 heterocycles. The summed E-state index contributed by atoms with van der Waals surface area (Å²) in [6.07, 6.45) is 5.41. The van der Waals surface area contributed by atoms with Crippen molar-refractivity contribution in [3.05, 3.63) is 84.4 Å². The predicted octanol–water partition coefficient (Wildman–Crippen LogP) is 5.00. The second-order valence-electron chi connectivity index (χ2n) is 4.63. The minimum absolute atomic E-state index is 0.908. The number of terminal acetylenes is 1.